The van der Waals surface area contributed by atoms with Gasteiger partial charge in [-0.15, -0.1) is 0 Å². The van der Waals surface area contributed by atoms with Gasteiger partial charge in [-0.3, -0.25) is 4.98 Å². The van der Waals surface area contributed by atoms with Gasteiger partial charge in [0.15, 0.2) is 5.58 Å². The van der Waals surface area contributed by atoms with E-state index in [9.17, 15) is 14.7 Å². The summed E-state index contributed by atoms with van der Waals surface area (Å²) in [4.78, 5) is 27.6. The number of amides is 1. The number of carbonyl (C=O) groups excluding carboxylic acids is 1. The summed E-state index contributed by atoms with van der Waals surface area (Å²) in [6, 6.07) is 6.58. The molecular weight excluding hydrogens is 362 g/mol. The van der Waals surface area contributed by atoms with E-state index < -0.39 is 17.7 Å². The van der Waals surface area contributed by atoms with Crippen LogP contribution in [0.25, 0.3) is 22.1 Å². The van der Waals surface area contributed by atoms with E-state index in [2.05, 4.69) is 15.5 Å². The van der Waals surface area contributed by atoms with Gasteiger partial charge in [0.2, 0.25) is 0 Å². The van der Waals surface area contributed by atoms with Gasteiger partial charge in [-0.1, -0.05) is 5.16 Å². The van der Waals surface area contributed by atoms with Crippen LogP contribution in [0.15, 0.2) is 35.0 Å². The van der Waals surface area contributed by atoms with E-state index in [1.54, 1.807) is 52.1 Å². The molecule has 2 N–H and O–H groups in total. The van der Waals surface area contributed by atoms with Crippen molar-refractivity contribution < 1.29 is 24.0 Å². The number of aromatic carboxylic acids is 1. The van der Waals surface area contributed by atoms with E-state index in [0.717, 1.165) is 0 Å². The van der Waals surface area contributed by atoms with Crippen molar-refractivity contribution in [3.63, 3.8) is 0 Å². The molecule has 2 aromatic heterocycles. The zero-order valence-corrected chi connectivity index (χ0v) is 16.1. The lowest BCUT2D eigenvalue weighted by Gasteiger charge is -2.19. The molecule has 0 spiro atoms. The predicted octanol–water partition coefficient (Wildman–Crippen LogP) is 3.92. The molecule has 8 heteroatoms. The highest BCUT2D eigenvalue weighted by Crippen LogP contribution is 2.32. The van der Waals surface area contributed by atoms with Crippen LogP contribution >= 0.6 is 0 Å². The summed E-state index contributed by atoms with van der Waals surface area (Å²) in [5.41, 5.74) is 2.55. The maximum Gasteiger partial charge on any atom is 0.407 e. The van der Waals surface area contributed by atoms with E-state index in [-0.39, 0.29) is 12.1 Å². The molecular formula is C20H21N3O5. The van der Waals surface area contributed by atoms with E-state index >= 15 is 0 Å². The van der Waals surface area contributed by atoms with Crippen LogP contribution in [0.3, 0.4) is 0 Å². The lowest BCUT2D eigenvalue weighted by atomic mass is 9.99. The molecule has 0 radical (unpaired) electrons. The number of carboxylic acids is 1. The minimum Gasteiger partial charge on any atom is -0.478 e. The lowest BCUT2D eigenvalue weighted by Crippen LogP contribution is -2.32. The van der Waals surface area contributed by atoms with Crippen LogP contribution < -0.4 is 5.32 Å². The Morgan fingerprint density at radius 3 is 2.68 bits per heavy atom. The zero-order valence-electron chi connectivity index (χ0n) is 16.1. The number of fused-ring (bicyclic) bond motifs is 1. The quantitative estimate of drug-likeness (QED) is 0.701. The highest BCUT2D eigenvalue weighted by atomic mass is 16.6. The van der Waals surface area contributed by atoms with Crippen molar-refractivity contribution >= 4 is 23.0 Å². The smallest absolute Gasteiger partial charge is 0.407 e. The second kappa shape index (κ2) is 7.30. The summed E-state index contributed by atoms with van der Waals surface area (Å²) in [5, 5.41) is 16.6. The molecule has 2 heterocycles. The Hall–Kier alpha value is -3.42. The van der Waals surface area contributed by atoms with E-state index in [1.165, 1.54) is 6.07 Å². The molecule has 0 unspecified atom stereocenters. The number of rotatable bonds is 4. The number of alkyl carbamates (subject to hydrolysis) is 1. The Balaban J connectivity index is 1.92. The number of nitrogens with one attached hydrogen (secondary N) is 1. The van der Waals surface area contributed by atoms with Crippen LogP contribution in [0.4, 0.5) is 4.79 Å². The molecule has 28 heavy (non-hydrogen) atoms. The van der Waals surface area contributed by atoms with Crippen LogP contribution in [0, 0.1) is 6.92 Å². The van der Waals surface area contributed by atoms with Crippen molar-refractivity contribution in [2.75, 3.05) is 0 Å². The van der Waals surface area contributed by atoms with Gasteiger partial charge in [-0.25, -0.2) is 9.59 Å². The molecule has 0 aliphatic rings. The molecule has 0 aliphatic heterocycles. The number of benzene rings is 1. The zero-order chi connectivity index (χ0) is 20.5. The highest BCUT2D eigenvalue weighted by Gasteiger charge is 2.18. The highest BCUT2D eigenvalue weighted by molar-refractivity contribution is 6.00. The lowest BCUT2D eigenvalue weighted by molar-refractivity contribution is 0.0522. The van der Waals surface area contributed by atoms with Gasteiger partial charge >= 0.3 is 12.1 Å². The standard InChI is InChI=1S/C20H21N3O5/c1-11-15-8-13(18(24)25)9-16(17(15)28-23-11)12-5-6-21-14(7-12)10-22-19(26)27-20(2,3)4/h5-9H,10H2,1-4H3,(H,22,26)(H,24,25). The van der Waals surface area contributed by atoms with Crippen LogP contribution in [0.5, 0.6) is 0 Å². The number of nitrogens with zero attached hydrogens (tertiary/aromatic N) is 2. The number of hydrogen-bond donors (Lipinski definition) is 2. The Bertz CT molecular complexity index is 1050. The Morgan fingerprint density at radius 1 is 1.25 bits per heavy atom. The summed E-state index contributed by atoms with van der Waals surface area (Å²) in [6.07, 6.45) is 1.05. The molecule has 8 nitrogen and oxygen atoms in total. The summed E-state index contributed by atoms with van der Waals surface area (Å²) in [7, 11) is 0. The van der Waals surface area contributed by atoms with Crippen molar-refractivity contribution in [2.45, 2.75) is 39.8 Å². The van der Waals surface area contributed by atoms with Gasteiger partial charge in [0, 0.05) is 17.1 Å². The fourth-order valence-corrected chi connectivity index (χ4v) is 2.72. The molecule has 0 saturated carbocycles. The first-order valence-electron chi connectivity index (χ1n) is 8.69. The second-order valence-corrected chi connectivity index (χ2v) is 7.36. The number of ether oxygens (including phenoxy) is 1. The van der Waals surface area contributed by atoms with Crippen LogP contribution in [-0.2, 0) is 11.3 Å². The first kappa shape index (κ1) is 19.3. The average Bonchev–Trinajstić information content (AvgIpc) is 2.99. The Labute approximate surface area is 161 Å². The van der Waals surface area contributed by atoms with Crippen molar-refractivity contribution in [3.8, 4) is 11.1 Å². The summed E-state index contributed by atoms with van der Waals surface area (Å²) < 4.78 is 10.6. The number of hydrogen-bond acceptors (Lipinski definition) is 6. The fourth-order valence-electron chi connectivity index (χ4n) is 2.72. The maximum absolute atomic E-state index is 11.8. The predicted molar refractivity (Wildman–Crippen MR) is 102 cm³/mol. The van der Waals surface area contributed by atoms with Gasteiger partial charge in [0.25, 0.3) is 0 Å². The third-order valence-electron chi connectivity index (χ3n) is 3.94. The van der Waals surface area contributed by atoms with Crippen LogP contribution in [0.1, 0.15) is 42.5 Å². The molecule has 0 bridgehead atoms. The van der Waals surface area contributed by atoms with E-state index in [1.807, 2.05) is 0 Å². The summed E-state index contributed by atoms with van der Waals surface area (Å²) in [5.74, 6) is -1.04. The summed E-state index contributed by atoms with van der Waals surface area (Å²) in [6.45, 7) is 7.27. The number of aromatic nitrogens is 2. The van der Waals surface area contributed by atoms with Gasteiger partial charge in [-0.2, -0.15) is 0 Å². The molecule has 1 aromatic carbocycles. The van der Waals surface area contributed by atoms with Crippen molar-refractivity contribution in [1.29, 1.82) is 0 Å². The number of carbonyl (C=O) groups is 2. The van der Waals surface area contributed by atoms with Crippen LogP contribution in [0.2, 0.25) is 0 Å². The fraction of sp³-hybridized carbons (Fsp3) is 0.300. The molecule has 0 fully saturated rings. The molecule has 3 aromatic rings. The molecule has 1 amide bonds. The number of pyridine rings is 1. The monoisotopic (exact) mass is 383 g/mol. The van der Waals surface area contributed by atoms with Crippen molar-refractivity contribution in [2.24, 2.45) is 0 Å². The maximum atomic E-state index is 11.8. The van der Waals surface area contributed by atoms with Crippen molar-refractivity contribution in [3.05, 3.63) is 47.4 Å². The van der Waals surface area contributed by atoms with Gasteiger partial charge in [-0.05, 0) is 57.5 Å². The first-order valence-corrected chi connectivity index (χ1v) is 8.69. The van der Waals surface area contributed by atoms with Gasteiger partial charge in [0.05, 0.1) is 23.5 Å². The molecule has 0 saturated heterocycles. The van der Waals surface area contributed by atoms with Gasteiger partial charge in [0.1, 0.15) is 5.60 Å². The largest absolute Gasteiger partial charge is 0.478 e. The Kier molecular flexibility index (Phi) is 5.04. The van der Waals surface area contributed by atoms with Gasteiger partial charge < -0.3 is 19.7 Å². The third-order valence-corrected chi connectivity index (χ3v) is 3.94. The number of aryl methyl sites for hydroxylation is 1. The van der Waals surface area contributed by atoms with Crippen molar-refractivity contribution in [1.82, 2.24) is 15.5 Å². The molecule has 0 aliphatic carbocycles. The first-order chi connectivity index (χ1) is 13.1. The minimum atomic E-state index is -1.04. The molecule has 0 atom stereocenters. The third kappa shape index (κ3) is 4.28. The topological polar surface area (TPSA) is 115 Å². The normalized spacial score (nSPS) is 11.4. The SMILES string of the molecule is Cc1noc2c(-c3ccnc(CNC(=O)OC(C)(C)C)c3)cc(C(=O)O)cc12. The molecule has 146 valence electrons. The second-order valence-electron chi connectivity index (χ2n) is 7.36. The van der Waals surface area contributed by atoms with Crippen LogP contribution in [-0.4, -0.2) is 32.9 Å². The van der Waals surface area contributed by atoms with E-state index in [4.69, 9.17) is 9.26 Å². The summed E-state index contributed by atoms with van der Waals surface area (Å²) >= 11 is 0. The molecule has 3 rings (SSSR count). The average molecular weight is 383 g/mol. The Morgan fingerprint density at radius 2 is 2.00 bits per heavy atom. The minimum absolute atomic E-state index is 0.138. The van der Waals surface area contributed by atoms with E-state index in [0.29, 0.717) is 33.5 Å². The number of carboxylic acid groups (broad SMARTS) is 1.